The van der Waals surface area contributed by atoms with E-state index in [1.54, 1.807) is 0 Å². The Balaban J connectivity index is 4.25. The zero-order valence-electron chi connectivity index (χ0n) is 10.2. The summed E-state index contributed by atoms with van der Waals surface area (Å²) in [7, 11) is 0. The lowest BCUT2D eigenvalue weighted by Crippen LogP contribution is -2.30. The van der Waals surface area contributed by atoms with E-state index in [1.165, 1.54) is 0 Å². The van der Waals surface area contributed by atoms with Gasteiger partial charge in [-0.2, -0.15) is 5.26 Å². The molecule has 15 heavy (non-hydrogen) atoms. The quantitative estimate of drug-likeness (QED) is 0.519. The predicted molar refractivity (Wildman–Crippen MR) is 59.0 cm³/mol. The normalized spacial score (nSPS) is 13.0. The molecule has 1 unspecified atom stereocenters. The third-order valence-electron chi connectivity index (χ3n) is 2.37. The summed E-state index contributed by atoms with van der Waals surface area (Å²) < 4.78 is 5.06. The smallest absolute Gasteiger partial charge is 0.309 e. The van der Waals surface area contributed by atoms with Crippen molar-refractivity contribution in [3.05, 3.63) is 0 Å². The van der Waals surface area contributed by atoms with Gasteiger partial charge >= 0.3 is 5.97 Å². The standard InChI is InChI=1S/C12H21NO2/c1-5-7-10(12(2,3)4)11(14)15-9-6-8-13/h10H,5-7,9H2,1-4H3. The van der Waals surface area contributed by atoms with E-state index in [2.05, 4.69) is 6.92 Å². The highest BCUT2D eigenvalue weighted by atomic mass is 16.5. The van der Waals surface area contributed by atoms with Gasteiger partial charge in [-0.1, -0.05) is 34.1 Å². The van der Waals surface area contributed by atoms with Crippen LogP contribution in [0.2, 0.25) is 0 Å². The van der Waals surface area contributed by atoms with E-state index in [0.717, 1.165) is 12.8 Å². The minimum absolute atomic E-state index is 0.0683. The molecule has 0 spiro atoms. The summed E-state index contributed by atoms with van der Waals surface area (Å²) in [6.07, 6.45) is 2.08. The Labute approximate surface area is 92.4 Å². The molecule has 0 saturated heterocycles. The number of carbonyl (C=O) groups is 1. The van der Waals surface area contributed by atoms with E-state index >= 15 is 0 Å². The molecule has 0 fully saturated rings. The van der Waals surface area contributed by atoms with Gasteiger partial charge in [0, 0.05) is 0 Å². The molecule has 0 aliphatic heterocycles. The highest BCUT2D eigenvalue weighted by Gasteiger charge is 2.31. The van der Waals surface area contributed by atoms with Gasteiger partial charge in [-0.15, -0.1) is 0 Å². The lowest BCUT2D eigenvalue weighted by molar-refractivity contribution is -0.152. The van der Waals surface area contributed by atoms with Crippen molar-refractivity contribution >= 4 is 5.97 Å². The van der Waals surface area contributed by atoms with Crippen molar-refractivity contribution < 1.29 is 9.53 Å². The van der Waals surface area contributed by atoms with Crippen LogP contribution in [0.3, 0.4) is 0 Å². The molecular weight excluding hydrogens is 190 g/mol. The SMILES string of the molecule is CCCC(C(=O)OCCC#N)C(C)(C)C. The summed E-state index contributed by atoms with van der Waals surface area (Å²) in [6, 6.07) is 1.96. The van der Waals surface area contributed by atoms with E-state index in [4.69, 9.17) is 10.00 Å². The zero-order valence-corrected chi connectivity index (χ0v) is 10.2. The number of nitrogens with zero attached hydrogens (tertiary/aromatic N) is 1. The molecule has 0 aromatic rings. The number of nitriles is 1. The Kier molecular flexibility index (Phi) is 6.00. The molecule has 0 bridgehead atoms. The number of carbonyl (C=O) groups excluding carboxylic acids is 1. The number of hydrogen-bond acceptors (Lipinski definition) is 3. The predicted octanol–water partition coefficient (Wildman–Crippen LogP) is 2.91. The summed E-state index contributed by atoms with van der Waals surface area (Å²) in [5.74, 6) is -0.235. The molecule has 0 amide bonds. The molecule has 86 valence electrons. The van der Waals surface area contributed by atoms with E-state index in [0.29, 0.717) is 0 Å². The molecular formula is C12H21NO2. The van der Waals surface area contributed by atoms with Crippen LogP contribution in [0.25, 0.3) is 0 Å². The summed E-state index contributed by atoms with van der Waals surface area (Å²) in [4.78, 5) is 11.7. The second-order valence-electron chi connectivity index (χ2n) is 4.78. The Morgan fingerprint density at radius 3 is 2.47 bits per heavy atom. The van der Waals surface area contributed by atoms with Gasteiger partial charge in [0.15, 0.2) is 0 Å². The lowest BCUT2D eigenvalue weighted by Gasteiger charge is -2.28. The van der Waals surface area contributed by atoms with E-state index in [1.807, 2.05) is 26.8 Å². The fourth-order valence-electron chi connectivity index (χ4n) is 1.49. The average molecular weight is 211 g/mol. The van der Waals surface area contributed by atoms with Gasteiger partial charge in [-0.3, -0.25) is 4.79 Å². The van der Waals surface area contributed by atoms with Crippen LogP contribution in [0.1, 0.15) is 47.0 Å². The van der Waals surface area contributed by atoms with Crippen molar-refractivity contribution in [2.45, 2.75) is 47.0 Å². The van der Waals surface area contributed by atoms with Crippen molar-refractivity contribution in [1.29, 1.82) is 5.26 Å². The van der Waals surface area contributed by atoms with Gasteiger partial charge in [0.25, 0.3) is 0 Å². The van der Waals surface area contributed by atoms with E-state index in [-0.39, 0.29) is 30.3 Å². The van der Waals surface area contributed by atoms with Crippen molar-refractivity contribution in [2.75, 3.05) is 6.61 Å². The van der Waals surface area contributed by atoms with Gasteiger partial charge < -0.3 is 4.74 Å². The van der Waals surface area contributed by atoms with Gasteiger partial charge in [-0.25, -0.2) is 0 Å². The van der Waals surface area contributed by atoms with Crippen LogP contribution < -0.4 is 0 Å². The summed E-state index contributed by atoms with van der Waals surface area (Å²) >= 11 is 0. The fraction of sp³-hybridized carbons (Fsp3) is 0.833. The maximum absolute atomic E-state index is 11.7. The van der Waals surface area contributed by atoms with Crippen molar-refractivity contribution in [3.8, 4) is 6.07 Å². The average Bonchev–Trinajstić information content (AvgIpc) is 2.12. The zero-order chi connectivity index (χ0) is 11.9. The van der Waals surface area contributed by atoms with Crippen LogP contribution in [0.4, 0.5) is 0 Å². The molecule has 0 radical (unpaired) electrons. The number of ether oxygens (including phenoxy) is 1. The van der Waals surface area contributed by atoms with Crippen LogP contribution in [0, 0.1) is 22.7 Å². The third-order valence-corrected chi connectivity index (χ3v) is 2.37. The number of esters is 1. The minimum Gasteiger partial charge on any atom is -0.464 e. The Hall–Kier alpha value is -1.04. The molecule has 0 rings (SSSR count). The number of hydrogen-bond donors (Lipinski definition) is 0. The second kappa shape index (κ2) is 6.44. The molecule has 0 aliphatic rings. The molecule has 0 N–H and O–H groups in total. The monoisotopic (exact) mass is 211 g/mol. The van der Waals surface area contributed by atoms with Gasteiger partial charge in [-0.05, 0) is 11.8 Å². The molecule has 0 heterocycles. The van der Waals surface area contributed by atoms with Crippen LogP contribution in [0.5, 0.6) is 0 Å². The first-order valence-corrected chi connectivity index (χ1v) is 5.47. The largest absolute Gasteiger partial charge is 0.464 e. The first-order valence-electron chi connectivity index (χ1n) is 5.47. The summed E-state index contributed by atoms with van der Waals surface area (Å²) in [6.45, 7) is 8.39. The van der Waals surface area contributed by atoms with E-state index in [9.17, 15) is 4.79 Å². The summed E-state index contributed by atoms with van der Waals surface area (Å²) in [5.41, 5.74) is -0.0697. The molecule has 0 aromatic heterocycles. The van der Waals surface area contributed by atoms with Gasteiger partial charge in [0.2, 0.25) is 0 Å². The fourth-order valence-corrected chi connectivity index (χ4v) is 1.49. The van der Waals surface area contributed by atoms with Crippen molar-refractivity contribution in [2.24, 2.45) is 11.3 Å². The third kappa shape index (κ3) is 5.41. The van der Waals surface area contributed by atoms with Gasteiger partial charge in [0.05, 0.1) is 18.4 Å². The molecule has 3 nitrogen and oxygen atoms in total. The highest BCUT2D eigenvalue weighted by Crippen LogP contribution is 2.30. The van der Waals surface area contributed by atoms with Crippen LogP contribution in [-0.2, 0) is 9.53 Å². The molecule has 3 heteroatoms. The maximum atomic E-state index is 11.7. The minimum atomic E-state index is -0.167. The highest BCUT2D eigenvalue weighted by molar-refractivity contribution is 5.73. The van der Waals surface area contributed by atoms with Crippen molar-refractivity contribution in [1.82, 2.24) is 0 Å². The first kappa shape index (κ1) is 14.0. The first-order chi connectivity index (χ1) is 6.93. The molecule has 0 aliphatic carbocycles. The van der Waals surface area contributed by atoms with Gasteiger partial charge in [0.1, 0.15) is 6.61 Å². The Morgan fingerprint density at radius 1 is 1.47 bits per heavy atom. The topological polar surface area (TPSA) is 50.1 Å². The molecule has 0 aromatic carbocycles. The Morgan fingerprint density at radius 2 is 2.07 bits per heavy atom. The van der Waals surface area contributed by atoms with E-state index < -0.39 is 0 Å². The summed E-state index contributed by atoms with van der Waals surface area (Å²) in [5, 5.41) is 8.34. The number of rotatable bonds is 5. The van der Waals surface area contributed by atoms with Crippen LogP contribution >= 0.6 is 0 Å². The second-order valence-corrected chi connectivity index (χ2v) is 4.78. The Bertz CT molecular complexity index is 235. The van der Waals surface area contributed by atoms with Crippen LogP contribution in [-0.4, -0.2) is 12.6 Å². The lowest BCUT2D eigenvalue weighted by atomic mass is 9.78. The molecule has 1 atom stereocenters. The molecule has 0 saturated carbocycles. The van der Waals surface area contributed by atoms with Crippen LogP contribution in [0.15, 0.2) is 0 Å². The van der Waals surface area contributed by atoms with Crippen molar-refractivity contribution in [3.63, 3.8) is 0 Å². The maximum Gasteiger partial charge on any atom is 0.309 e.